The molecule has 0 amide bonds. The van der Waals surface area contributed by atoms with Crippen LogP contribution in [0.1, 0.15) is 59.8 Å². The van der Waals surface area contributed by atoms with Gasteiger partial charge in [0.15, 0.2) is 5.78 Å². The summed E-state index contributed by atoms with van der Waals surface area (Å²) in [6, 6.07) is 11.6. The van der Waals surface area contributed by atoms with Gasteiger partial charge in [-0.25, -0.2) is 8.78 Å². The number of Topliss-reactive ketones (excluding diaryl/α,β-unsaturated/α-hetero) is 1. The predicted octanol–water partition coefficient (Wildman–Crippen LogP) is 5.56. The van der Waals surface area contributed by atoms with Crippen molar-refractivity contribution in [3.05, 3.63) is 70.9 Å². The summed E-state index contributed by atoms with van der Waals surface area (Å²) in [7, 11) is 0. The summed E-state index contributed by atoms with van der Waals surface area (Å²) in [5.41, 5.74) is 4.14. The number of H-pyrrole nitrogens is 1. The third-order valence-electron chi connectivity index (χ3n) is 6.53. The number of nitrogens with zero attached hydrogens (tertiary/aromatic N) is 1. The van der Waals surface area contributed by atoms with E-state index in [9.17, 15) is 13.6 Å². The molecule has 5 rings (SSSR count). The summed E-state index contributed by atoms with van der Waals surface area (Å²) in [6.45, 7) is 0.952. The minimum atomic E-state index is -0.321. The Morgan fingerprint density at radius 3 is 2.66 bits per heavy atom. The first-order chi connectivity index (χ1) is 14.1. The van der Waals surface area contributed by atoms with Gasteiger partial charge in [0.1, 0.15) is 11.6 Å². The molecule has 0 radical (unpaired) electrons. The molecule has 3 aromatic rings. The van der Waals surface area contributed by atoms with Crippen molar-refractivity contribution < 1.29 is 13.6 Å². The van der Waals surface area contributed by atoms with E-state index in [1.54, 1.807) is 18.2 Å². The lowest BCUT2D eigenvalue weighted by Crippen LogP contribution is -2.38. The van der Waals surface area contributed by atoms with Gasteiger partial charge < -0.3 is 4.98 Å². The summed E-state index contributed by atoms with van der Waals surface area (Å²) in [5.74, 6) is -0.440. The second-order valence-corrected chi connectivity index (χ2v) is 8.28. The van der Waals surface area contributed by atoms with Crippen molar-refractivity contribution in [3.63, 3.8) is 0 Å². The van der Waals surface area contributed by atoms with Gasteiger partial charge in [-0.3, -0.25) is 9.69 Å². The number of hydrogen-bond acceptors (Lipinski definition) is 2. The van der Waals surface area contributed by atoms with Crippen molar-refractivity contribution in [1.29, 1.82) is 0 Å². The highest BCUT2D eigenvalue weighted by Crippen LogP contribution is 2.46. The molecule has 0 unspecified atom stereocenters. The number of unbranched alkanes of at least 4 members (excludes halogenated alkanes) is 1. The Labute approximate surface area is 168 Å². The number of benzene rings is 2. The minimum Gasteiger partial charge on any atom is -0.358 e. The molecule has 29 heavy (non-hydrogen) atoms. The van der Waals surface area contributed by atoms with Crippen LogP contribution >= 0.6 is 0 Å². The van der Waals surface area contributed by atoms with Crippen LogP contribution in [0.5, 0.6) is 0 Å². The van der Waals surface area contributed by atoms with Crippen LogP contribution in [-0.4, -0.2) is 28.3 Å². The van der Waals surface area contributed by atoms with Gasteiger partial charge in [0.25, 0.3) is 0 Å². The second-order valence-electron chi connectivity index (χ2n) is 8.28. The summed E-state index contributed by atoms with van der Waals surface area (Å²) in [5, 5.41) is 1.02. The third-order valence-corrected chi connectivity index (χ3v) is 6.53. The monoisotopic (exact) mass is 394 g/mol. The zero-order chi connectivity index (χ0) is 20.0. The van der Waals surface area contributed by atoms with Crippen LogP contribution in [0.25, 0.3) is 10.9 Å². The number of hydrogen-bond donors (Lipinski definition) is 1. The summed E-state index contributed by atoms with van der Waals surface area (Å²) >= 11 is 0. The predicted molar refractivity (Wildman–Crippen MR) is 109 cm³/mol. The van der Waals surface area contributed by atoms with Crippen molar-refractivity contribution in [2.75, 3.05) is 6.54 Å². The quantitative estimate of drug-likeness (QED) is 0.439. The molecule has 2 atom stereocenters. The number of nitrogens with one attached hydrogen (secondary N) is 1. The lowest BCUT2D eigenvalue weighted by Gasteiger charge is -2.35. The van der Waals surface area contributed by atoms with E-state index in [-0.39, 0.29) is 17.4 Å². The average molecular weight is 394 g/mol. The molecule has 5 heteroatoms. The van der Waals surface area contributed by atoms with Crippen LogP contribution in [0.4, 0.5) is 8.78 Å². The molecule has 150 valence electrons. The van der Waals surface area contributed by atoms with Gasteiger partial charge in [-0.1, -0.05) is 0 Å². The Bertz CT molecular complexity index is 1060. The molecular weight excluding hydrogens is 370 g/mol. The van der Waals surface area contributed by atoms with E-state index in [1.807, 2.05) is 6.07 Å². The molecule has 0 saturated carbocycles. The van der Waals surface area contributed by atoms with E-state index < -0.39 is 0 Å². The second kappa shape index (κ2) is 7.38. The first-order valence-corrected chi connectivity index (χ1v) is 10.4. The number of aromatic amines is 1. The Morgan fingerprint density at radius 2 is 1.83 bits per heavy atom. The highest BCUT2D eigenvalue weighted by molar-refractivity contribution is 5.95. The number of ketones is 1. The fraction of sp³-hybridized carbons (Fsp3) is 0.375. The lowest BCUT2D eigenvalue weighted by atomic mass is 9.96. The summed E-state index contributed by atoms with van der Waals surface area (Å²) in [6.07, 6.45) is 5.51. The van der Waals surface area contributed by atoms with Crippen molar-refractivity contribution in [2.45, 2.75) is 50.6 Å². The zero-order valence-electron chi connectivity index (χ0n) is 16.3. The molecule has 2 aliphatic rings. The summed E-state index contributed by atoms with van der Waals surface area (Å²) in [4.78, 5) is 18.3. The first kappa shape index (κ1) is 18.5. The van der Waals surface area contributed by atoms with E-state index in [0.29, 0.717) is 24.1 Å². The minimum absolute atomic E-state index is 0.0704. The fourth-order valence-corrected chi connectivity index (χ4v) is 5.18. The van der Waals surface area contributed by atoms with Gasteiger partial charge >= 0.3 is 0 Å². The molecule has 2 bridgehead atoms. The van der Waals surface area contributed by atoms with E-state index in [4.69, 9.17) is 0 Å². The normalized spacial score (nSPS) is 20.9. The molecular formula is C24H24F2N2O. The third kappa shape index (κ3) is 3.38. The number of halogens is 2. The standard InChI is InChI=1S/C24H24F2N2O/c25-16-6-4-15(5-7-16)23(29)3-1-2-12-28-18-9-11-22(28)24-19-13-17(26)8-10-20(19)27-21(24)14-18/h4-8,10,13,18,22,27H,1-3,9,11-12,14H2/t18-,22+/m0/s1. The smallest absolute Gasteiger partial charge is 0.162 e. The van der Waals surface area contributed by atoms with Crippen molar-refractivity contribution in [1.82, 2.24) is 9.88 Å². The number of aromatic nitrogens is 1. The highest BCUT2D eigenvalue weighted by Gasteiger charge is 2.41. The Kier molecular flexibility index (Phi) is 4.70. The fourth-order valence-electron chi connectivity index (χ4n) is 5.18. The Morgan fingerprint density at radius 1 is 1.03 bits per heavy atom. The van der Waals surface area contributed by atoms with Crippen LogP contribution in [0, 0.1) is 11.6 Å². The molecule has 1 N–H and O–H groups in total. The molecule has 1 fully saturated rings. The number of rotatable bonds is 6. The SMILES string of the molecule is O=C(CCCCN1[C@H]2CC[C@@H]1c1c([nH]c3ccc(F)cc13)C2)c1ccc(F)cc1. The van der Waals surface area contributed by atoms with E-state index in [1.165, 1.54) is 35.9 Å². The van der Waals surface area contributed by atoms with Crippen LogP contribution in [-0.2, 0) is 6.42 Å². The van der Waals surface area contributed by atoms with E-state index in [2.05, 4.69) is 9.88 Å². The summed E-state index contributed by atoms with van der Waals surface area (Å²) < 4.78 is 26.8. The molecule has 0 aliphatic carbocycles. The number of carbonyl (C=O) groups is 1. The molecule has 3 heterocycles. The maximum Gasteiger partial charge on any atom is 0.162 e. The van der Waals surface area contributed by atoms with E-state index in [0.717, 1.165) is 43.1 Å². The van der Waals surface area contributed by atoms with Gasteiger partial charge in [-0.05, 0) is 80.3 Å². The van der Waals surface area contributed by atoms with Crippen molar-refractivity contribution in [2.24, 2.45) is 0 Å². The molecule has 1 saturated heterocycles. The van der Waals surface area contributed by atoms with Crippen LogP contribution in [0.15, 0.2) is 42.5 Å². The van der Waals surface area contributed by atoms with Gasteiger partial charge in [-0.15, -0.1) is 0 Å². The average Bonchev–Trinajstić information content (AvgIpc) is 3.21. The first-order valence-electron chi connectivity index (χ1n) is 10.4. The van der Waals surface area contributed by atoms with E-state index >= 15 is 0 Å². The van der Waals surface area contributed by atoms with Gasteiger partial charge in [0.2, 0.25) is 0 Å². The molecule has 1 aromatic heterocycles. The maximum absolute atomic E-state index is 13.8. The number of fused-ring (bicyclic) bond motifs is 6. The van der Waals surface area contributed by atoms with Crippen LogP contribution in [0.2, 0.25) is 0 Å². The Balaban J connectivity index is 1.24. The van der Waals surface area contributed by atoms with Crippen molar-refractivity contribution in [3.8, 4) is 0 Å². The van der Waals surface area contributed by atoms with Gasteiger partial charge in [-0.2, -0.15) is 0 Å². The Hall–Kier alpha value is -2.53. The molecule has 2 aromatic carbocycles. The molecule has 2 aliphatic heterocycles. The van der Waals surface area contributed by atoms with Gasteiger partial charge in [0, 0.05) is 47.1 Å². The topological polar surface area (TPSA) is 36.1 Å². The van der Waals surface area contributed by atoms with Crippen LogP contribution in [0.3, 0.4) is 0 Å². The zero-order valence-corrected chi connectivity index (χ0v) is 16.3. The molecule has 3 nitrogen and oxygen atoms in total. The van der Waals surface area contributed by atoms with Crippen LogP contribution < -0.4 is 0 Å². The molecule has 0 spiro atoms. The van der Waals surface area contributed by atoms with Gasteiger partial charge in [0.05, 0.1) is 0 Å². The number of carbonyl (C=O) groups excluding carboxylic acids is 1. The maximum atomic E-state index is 13.8. The van der Waals surface area contributed by atoms with Crippen molar-refractivity contribution >= 4 is 16.7 Å². The largest absolute Gasteiger partial charge is 0.358 e. The lowest BCUT2D eigenvalue weighted by molar-refractivity contribution is 0.0975. The highest BCUT2D eigenvalue weighted by atomic mass is 19.1.